The Balaban J connectivity index is 2.25. The Hall–Kier alpha value is -1.35. The zero-order valence-electron chi connectivity index (χ0n) is 11.2. The standard InChI is InChI=1S/C15H22N2O/c1-11-6-3-4-8-13(11)15(18)17-9-5-7-12(2)14(17)10-16/h3-4,6,8,12,14H,5,7,9-10,16H2,1-2H3/t12-,14+/m1/s1. The Morgan fingerprint density at radius 3 is 2.83 bits per heavy atom. The van der Waals surface area contributed by atoms with Crippen LogP contribution < -0.4 is 5.73 Å². The van der Waals surface area contributed by atoms with Crippen molar-refractivity contribution >= 4 is 5.91 Å². The molecule has 3 nitrogen and oxygen atoms in total. The van der Waals surface area contributed by atoms with Crippen molar-refractivity contribution in [2.24, 2.45) is 11.7 Å². The van der Waals surface area contributed by atoms with E-state index in [2.05, 4.69) is 6.92 Å². The van der Waals surface area contributed by atoms with Crippen molar-refractivity contribution in [3.63, 3.8) is 0 Å². The van der Waals surface area contributed by atoms with E-state index < -0.39 is 0 Å². The van der Waals surface area contributed by atoms with Crippen LogP contribution in [0, 0.1) is 12.8 Å². The average molecular weight is 246 g/mol. The molecule has 1 aromatic rings. The van der Waals surface area contributed by atoms with E-state index in [9.17, 15) is 4.79 Å². The van der Waals surface area contributed by atoms with Gasteiger partial charge in [-0.05, 0) is 37.3 Å². The van der Waals surface area contributed by atoms with Crippen LogP contribution in [-0.2, 0) is 0 Å². The Morgan fingerprint density at radius 2 is 2.17 bits per heavy atom. The molecule has 1 aliphatic rings. The number of hydrogen-bond donors (Lipinski definition) is 1. The molecule has 0 saturated carbocycles. The van der Waals surface area contributed by atoms with E-state index in [1.807, 2.05) is 36.1 Å². The van der Waals surface area contributed by atoms with Gasteiger partial charge in [0.1, 0.15) is 0 Å². The summed E-state index contributed by atoms with van der Waals surface area (Å²) in [5.41, 5.74) is 7.69. The van der Waals surface area contributed by atoms with Crippen LogP contribution >= 0.6 is 0 Å². The normalized spacial score (nSPS) is 24.1. The average Bonchev–Trinajstić information content (AvgIpc) is 2.38. The molecule has 1 heterocycles. The summed E-state index contributed by atoms with van der Waals surface area (Å²) in [6.45, 7) is 5.56. The maximum Gasteiger partial charge on any atom is 0.254 e. The molecule has 1 aliphatic heterocycles. The van der Waals surface area contributed by atoms with Gasteiger partial charge in [0, 0.05) is 24.7 Å². The lowest BCUT2D eigenvalue weighted by Gasteiger charge is -2.39. The molecule has 0 spiro atoms. The van der Waals surface area contributed by atoms with Gasteiger partial charge >= 0.3 is 0 Å². The number of hydrogen-bond acceptors (Lipinski definition) is 2. The second-order valence-corrected chi connectivity index (χ2v) is 5.24. The van der Waals surface area contributed by atoms with E-state index >= 15 is 0 Å². The molecule has 0 radical (unpaired) electrons. The molecule has 0 bridgehead atoms. The summed E-state index contributed by atoms with van der Waals surface area (Å²) in [7, 11) is 0. The SMILES string of the molecule is Cc1ccccc1C(=O)N1CCC[C@@H](C)[C@@H]1CN. The number of piperidine rings is 1. The molecular weight excluding hydrogens is 224 g/mol. The van der Waals surface area contributed by atoms with Crippen LogP contribution in [0.1, 0.15) is 35.7 Å². The molecule has 1 aromatic carbocycles. The summed E-state index contributed by atoms with van der Waals surface area (Å²) in [5.74, 6) is 0.631. The van der Waals surface area contributed by atoms with E-state index in [0.717, 1.165) is 24.1 Å². The lowest BCUT2D eigenvalue weighted by molar-refractivity contribution is 0.0532. The summed E-state index contributed by atoms with van der Waals surface area (Å²) in [6, 6.07) is 7.96. The van der Waals surface area contributed by atoms with Crippen LogP contribution in [0.4, 0.5) is 0 Å². The summed E-state index contributed by atoms with van der Waals surface area (Å²) < 4.78 is 0. The molecule has 1 amide bonds. The first-order chi connectivity index (χ1) is 8.65. The number of carbonyl (C=O) groups is 1. The predicted molar refractivity (Wildman–Crippen MR) is 73.5 cm³/mol. The van der Waals surface area contributed by atoms with Gasteiger partial charge in [-0.2, -0.15) is 0 Å². The highest BCUT2D eigenvalue weighted by Crippen LogP contribution is 2.25. The van der Waals surface area contributed by atoms with Gasteiger partial charge in [0.2, 0.25) is 0 Å². The third-order valence-corrected chi connectivity index (χ3v) is 3.99. The molecule has 2 atom stereocenters. The van der Waals surface area contributed by atoms with Crippen molar-refractivity contribution in [1.29, 1.82) is 0 Å². The van der Waals surface area contributed by atoms with Crippen molar-refractivity contribution in [3.05, 3.63) is 35.4 Å². The molecular formula is C15H22N2O. The van der Waals surface area contributed by atoms with Crippen LogP contribution in [0.5, 0.6) is 0 Å². The Kier molecular flexibility index (Phi) is 4.02. The van der Waals surface area contributed by atoms with E-state index in [1.165, 1.54) is 6.42 Å². The van der Waals surface area contributed by atoms with Crippen LogP contribution in [0.25, 0.3) is 0 Å². The number of aryl methyl sites for hydroxylation is 1. The lowest BCUT2D eigenvalue weighted by atomic mass is 9.90. The fourth-order valence-corrected chi connectivity index (χ4v) is 2.83. The van der Waals surface area contributed by atoms with Crippen LogP contribution in [0.2, 0.25) is 0 Å². The third-order valence-electron chi connectivity index (χ3n) is 3.99. The quantitative estimate of drug-likeness (QED) is 0.869. The number of nitrogens with two attached hydrogens (primary N) is 1. The molecule has 0 aliphatic carbocycles. The van der Waals surface area contributed by atoms with E-state index in [1.54, 1.807) is 0 Å². The Labute approximate surface area is 109 Å². The van der Waals surface area contributed by atoms with Crippen molar-refractivity contribution in [2.75, 3.05) is 13.1 Å². The molecule has 0 aromatic heterocycles. The monoisotopic (exact) mass is 246 g/mol. The summed E-state index contributed by atoms with van der Waals surface area (Å²) in [5, 5.41) is 0. The Bertz CT molecular complexity index is 430. The Morgan fingerprint density at radius 1 is 1.44 bits per heavy atom. The number of carbonyl (C=O) groups excluding carboxylic acids is 1. The van der Waals surface area contributed by atoms with Gasteiger partial charge in [-0.3, -0.25) is 4.79 Å². The van der Waals surface area contributed by atoms with Gasteiger partial charge in [0.25, 0.3) is 5.91 Å². The van der Waals surface area contributed by atoms with Crippen LogP contribution in [-0.4, -0.2) is 29.9 Å². The maximum atomic E-state index is 12.6. The fraction of sp³-hybridized carbons (Fsp3) is 0.533. The minimum Gasteiger partial charge on any atom is -0.334 e. The van der Waals surface area contributed by atoms with Gasteiger partial charge in [-0.1, -0.05) is 25.1 Å². The maximum absolute atomic E-state index is 12.6. The number of benzene rings is 1. The minimum atomic E-state index is 0.134. The van der Waals surface area contributed by atoms with Crippen molar-refractivity contribution in [1.82, 2.24) is 4.90 Å². The number of amides is 1. The summed E-state index contributed by atoms with van der Waals surface area (Å²) in [4.78, 5) is 14.6. The highest BCUT2D eigenvalue weighted by molar-refractivity contribution is 5.95. The number of rotatable bonds is 2. The molecule has 98 valence electrons. The van der Waals surface area contributed by atoms with Gasteiger partial charge in [0.15, 0.2) is 0 Å². The predicted octanol–water partition coefficient (Wildman–Crippen LogP) is 2.19. The molecule has 2 rings (SSSR count). The second kappa shape index (κ2) is 5.53. The minimum absolute atomic E-state index is 0.134. The largest absolute Gasteiger partial charge is 0.334 e. The summed E-state index contributed by atoms with van der Waals surface area (Å²) in [6.07, 6.45) is 2.24. The third kappa shape index (κ3) is 2.41. The fourth-order valence-electron chi connectivity index (χ4n) is 2.83. The lowest BCUT2D eigenvalue weighted by Crippen LogP contribution is -2.51. The zero-order chi connectivity index (χ0) is 13.1. The van der Waals surface area contributed by atoms with E-state index in [4.69, 9.17) is 5.73 Å². The van der Waals surface area contributed by atoms with Gasteiger partial charge in [-0.25, -0.2) is 0 Å². The number of likely N-dealkylation sites (tertiary alicyclic amines) is 1. The molecule has 1 saturated heterocycles. The van der Waals surface area contributed by atoms with Crippen molar-refractivity contribution in [3.8, 4) is 0 Å². The van der Waals surface area contributed by atoms with Gasteiger partial charge < -0.3 is 10.6 Å². The topological polar surface area (TPSA) is 46.3 Å². The summed E-state index contributed by atoms with van der Waals surface area (Å²) >= 11 is 0. The van der Waals surface area contributed by atoms with Crippen molar-refractivity contribution in [2.45, 2.75) is 32.7 Å². The van der Waals surface area contributed by atoms with Crippen LogP contribution in [0.3, 0.4) is 0 Å². The molecule has 3 heteroatoms. The zero-order valence-corrected chi connectivity index (χ0v) is 11.2. The molecule has 1 fully saturated rings. The molecule has 0 unspecified atom stereocenters. The second-order valence-electron chi connectivity index (χ2n) is 5.24. The number of nitrogens with zero attached hydrogens (tertiary/aromatic N) is 1. The highest BCUT2D eigenvalue weighted by Gasteiger charge is 2.31. The van der Waals surface area contributed by atoms with Gasteiger partial charge in [0.05, 0.1) is 0 Å². The van der Waals surface area contributed by atoms with Crippen LogP contribution in [0.15, 0.2) is 24.3 Å². The highest BCUT2D eigenvalue weighted by atomic mass is 16.2. The van der Waals surface area contributed by atoms with Gasteiger partial charge in [-0.15, -0.1) is 0 Å². The first kappa shape index (κ1) is 13.1. The molecule has 18 heavy (non-hydrogen) atoms. The van der Waals surface area contributed by atoms with E-state index in [0.29, 0.717) is 12.5 Å². The smallest absolute Gasteiger partial charge is 0.254 e. The first-order valence-corrected chi connectivity index (χ1v) is 6.71. The molecule has 2 N–H and O–H groups in total. The van der Waals surface area contributed by atoms with E-state index in [-0.39, 0.29) is 11.9 Å². The first-order valence-electron chi connectivity index (χ1n) is 6.71. The van der Waals surface area contributed by atoms with Crippen molar-refractivity contribution < 1.29 is 4.79 Å².